The quantitative estimate of drug-likeness (QED) is 0.698. The molecule has 4 rings (SSSR count). The number of pyridine rings is 1. The third-order valence-corrected chi connectivity index (χ3v) is 4.86. The van der Waals surface area contributed by atoms with E-state index in [0.29, 0.717) is 25.2 Å². The Morgan fingerprint density at radius 2 is 1.86 bits per heavy atom. The zero-order valence-electron chi connectivity index (χ0n) is 15.7. The fourth-order valence-electron chi connectivity index (χ4n) is 3.40. The first kappa shape index (κ1) is 18.8. The highest BCUT2D eigenvalue weighted by molar-refractivity contribution is 6.05. The van der Waals surface area contributed by atoms with Crippen LogP contribution in [0.5, 0.6) is 0 Å². The Morgan fingerprint density at radius 3 is 2.66 bits per heavy atom. The standard InChI is InChI=1S/C21H20FN5O2/c22-15-5-1-2-6-16(15)25-20(28)18-17-7-3-4-12-27(17)19(26-18)21(29)24-13-14-8-10-23-11-9-14/h1-2,5-6,8-11H,3-4,7,12-13H2,(H,24,29)(H,25,28). The lowest BCUT2D eigenvalue weighted by Crippen LogP contribution is -2.27. The van der Waals surface area contributed by atoms with Gasteiger partial charge in [0.1, 0.15) is 5.82 Å². The zero-order valence-corrected chi connectivity index (χ0v) is 15.7. The molecule has 1 aliphatic heterocycles. The van der Waals surface area contributed by atoms with Crippen molar-refractivity contribution in [3.05, 3.63) is 77.4 Å². The van der Waals surface area contributed by atoms with Crippen LogP contribution in [0.3, 0.4) is 0 Å². The fourth-order valence-corrected chi connectivity index (χ4v) is 3.40. The van der Waals surface area contributed by atoms with E-state index < -0.39 is 11.7 Å². The number of benzene rings is 1. The lowest BCUT2D eigenvalue weighted by molar-refractivity contribution is 0.0935. The molecule has 0 unspecified atom stereocenters. The van der Waals surface area contributed by atoms with Crippen LogP contribution in [0.1, 0.15) is 45.2 Å². The minimum absolute atomic E-state index is 0.0822. The van der Waals surface area contributed by atoms with Gasteiger partial charge in [0.2, 0.25) is 0 Å². The molecule has 29 heavy (non-hydrogen) atoms. The van der Waals surface area contributed by atoms with E-state index in [1.807, 2.05) is 12.1 Å². The number of fused-ring (bicyclic) bond motifs is 1. The summed E-state index contributed by atoms with van der Waals surface area (Å²) in [6, 6.07) is 9.57. The van der Waals surface area contributed by atoms with E-state index in [2.05, 4.69) is 20.6 Å². The van der Waals surface area contributed by atoms with Crippen LogP contribution in [0.2, 0.25) is 0 Å². The number of hydrogen-bond donors (Lipinski definition) is 2. The van der Waals surface area contributed by atoms with E-state index in [4.69, 9.17) is 0 Å². The molecule has 0 aliphatic carbocycles. The molecule has 1 aromatic carbocycles. The summed E-state index contributed by atoms with van der Waals surface area (Å²) in [5.74, 6) is -1.19. The van der Waals surface area contributed by atoms with Crippen LogP contribution in [0.15, 0.2) is 48.8 Å². The molecular weight excluding hydrogens is 373 g/mol. The highest BCUT2D eigenvalue weighted by atomic mass is 19.1. The predicted molar refractivity (Wildman–Crippen MR) is 105 cm³/mol. The van der Waals surface area contributed by atoms with Gasteiger partial charge in [-0.3, -0.25) is 14.6 Å². The first-order valence-electron chi connectivity index (χ1n) is 9.46. The van der Waals surface area contributed by atoms with Gasteiger partial charge >= 0.3 is 0 Å². The maximum atomic E-state index is 13.9. The highest BCUT2D eigenvalue weighted by Crippen LogP contribution is 2.23. The van der Waals surface area contributed by atoms with E-state index >= 15 is 0 Å². The number of nitrogens with one attached hydrogen (secondary N) is 2. The van der Waals surface area contributed by atoms with E-state index in [1.54, 1.807) is 29.1 Å². The average molecular weight is 393 g/mol. The van der Waals surface area contributed by atoms with E-state index in [-0.39, 0.29) is 23.1 Å². The maximum Gasteiger partial charge on any atom is 0.287 e. The van der Waals surface area contributed by atoms with Crippen LogP contribution >= 0.6 is 0 Å². The number of aromatic nitrogens is 3. The number of anilines is 1. The summed E-state index contributed by atoms with van der Waals surface area (Å²) in [5, 5.41) is 5.39. The summed E-state index contributed by atoms with van der Waals surface area (Å²) in [6.07, 6.45) is 5.77. The lowest BCUT2D eigenvalue weighted by Gasteiger charge is -2.17. The summed E-state index contributed by atoms with van der Waals surface area (Å²) in [5.41, 5.74) is 1.87. The second-order valence-electron chi connectivity index (χ2n) is 6.81. The molecule has 0 spiro atoms. The van der Waals surface area contributed by atoms with Gasteiger partial charge in [0.15, 0.2) is 11.5 Å². The number of hydrogen-bond acceptors (Lipinski definition) is 4. The van der Waals surface area contributed by atoms with Crippen LogP contribution in [-0.4, -0.2) is 26.3 Å². The summed E-state index contributed by atoms with van der Waals surface area (Å²) < 4.78 is 15.7. The summed E-state index contributed by atoms with van der Waals surface area (Å²) in [4.78, 5) is 33.8. The van der Waals surface area contributed by atoms with Gasteiger partial charge in [-0.05, 0) is 49.1 Å². The molecule has 7 nitrogen and oxygen atoms in total. The monoisotopic (exact) mass is 393 g/mol. The number of carbonyl (C=O) groups is 2. The van der Waals surface area contributed by atoms with Gasteiger partial charge < -0.3 is 15.2 Å². The maximum absolute atomic E-state index is 13.9. The molecular formula is C21H20FN5O2. The summed E-state index contributed by atoms with van der Waals surface area (Å²) in [6.45, 7) is 0.952. The van der Waals surface area contributed by atoms with Crippen molar-refractivity contribution in [2.75, 3.05) is 5.32 Å². The molecule has 0 fully saturated rings. The van der Waals surface area contributed by atoms with Crippen LogP contribution in [0.4, 0.5) is 10.1 Å². The van der Waals surface area contributed by atoms with Gasteiger partial charge in [0.25, 0.3) is 11.8 Å². The van der Waals surface area contributed by atoms with Crippen LogP contribution < -0.4 is 10.6 Å². The van der Waals surface area contributed by atoms with Gasteiger partial charge in [-0.2, -0.15) is 0 Å². The molecule has 2 N–H and O–H groups in total. The molecule has 0 atom stereocenters. The Balaban J connectivity index is 1.57. The number of halogens is 1. The van der Waals surface area contributed by atoms with Crippen molar-refractivity contribution in [2.24, 2.45) is 0 Å². The number of amides is 2. The molecule has 1 aliphatic rings. The van der Waals surface area contributed by atoms with E-state index in [9.17, 15) is 14.0 Å². The molecule has 0 radical (unpaired) electrons. The van der Waals surface area contributed by atoms with E-state index in [0.717, 1.165) is 18.4 Å². The second-order valence-corrected chi connectivity index (χ2v) is 6.81. The Labute approximate surface area is 167 Å². The first-order valence-corrected chi connectivity index (χ1v) is 9.46. The minimum Gasteiger partial charge on any atom is -0.345 e. The Bertz CT molecular complexity index is 1050. The fraction of sp³-hybridized carbons (Fsp3) is 0.238. The average Bonchev–Trinajstić information content (AvgIpc) is 3.14. The van der Waals surface area contributed by atoms with Crippen molar-refractivity contribution in [3.8, 4) is 0 Å². The van der Waals surface area contributed by atoms with Crippen LogP contribution in [0, 0.1) is 5.82 Å². The van der Waals surface area contributed by atoms with Crippen molar-refractivity contribution < 1.29 is 14.0 Å². The van der Waals surface area contributed by atoms with Crippen molar-refractivity contribution in [1.29, 1.82) is 0 Å². The zero-order chi connectivity index (χ0) is 20.2. The molecule has 0 bridgehead atoms. The summed E-state index contributed by atoms with van der Waals surface area (Å²) >= 11 is 0. The number of rotatable bonds is 5. The number of carbonyl (C=O) groups excluding carboxylic acids is 2. The van der Waals surface area contributed by atoms with Crippen molar-refractivity contribution in [2.45, 2.75) is 32.4 Å². The molecule has 0 saturated carbocycles. The number of imidazole rings is 1. The normalized spacial score (nSPS) is 12.9. The Kier molecular flexibility index (Phi) is 5.33. The molecule has 2 amide bonds. The SMILES string of the molecule is O=C(Nc1ccccc1F)c1nc(C(=O)NCc2ccncc2)n2c1CCCC2. The molecule has 3 aromatic rings. The van der Waals surface area contributed by atoms with Gasteiger partial charge in [-0.1, -0.05) is 12.1 Å². The van der Waals surface area contributed by atoms with Gasteiger partial charge in [-0.25, -0.2) is 9.37 Å². The molecule has 0 saturated heterocycles. The lowest BCUT2D eigenvalue weighted by atomic mass is 10.1. The Morgan fingerprint density at radius 1 is 1.07 bits per heavy atom. The van der Waals surface area contributed by atoms with Crippen molar-refractivity contribution in [3.63, 3.8) is 0 Å². The smallest absolute Gasteiger partial charge is 0.287 e. The summed E-state index contributed by atoms with van der Waals surface area (Å²) in [7, 11) is 0. The van der Waals surface area contributed by atoms with Crippen molar-refractivity contribution >= 4 is 17.5 Å². The van der Waals surface area contributed by atoms with Gasteiger partial charge in [0.05, 0.1) is 11.4 Å². The second kappa shape index (κ2) is 8.22. The first-order chi connectivity index (χ1) is 14.1. The Hall–Kier alpha value is -3.55. The predicted octanol–water partition coefficient (Wildman–Crippen LogP) is 2.94. The third kappa shape index (κ3) is 4.01. The van der Waals surface area contributed by atoms with E-state index in [1.165, 1.54) is 12.1 Å². The minimum atomic E-state index is -0.524. The van der Waals surface area contributed by atoms with Crippen LogP contribution in [0.25, 0.3) is 0 Å². The largest absolute Gasteiger partial charge is 0.345 e. The number of para-hydroxylation sites is 1. The molecule has 2 aromatic heterocycles. The van der Waals surface area contributed by atoms with Gasteiger partial charge in [0, 0.05) is 25.5 Å². The van der Waals surface area contributed by atoms with Gasteiger partial charge in [-0.15, -0.1) is 0 Å². The highest BCUT2D eigenvalue weighted by Gasteiger charge is 2.27. The molecule has 8 heteroatoms. The topological polar surface area (TPSA) is 88.9 Å². The molecule has 148 valence electrons. The molecule has 3 heterocycles. The van der Waals surface area contributed by atoms with Crippen molar-refractivity contribution in [1.82, 2.24) is 19.9 Å². The van der Waals surface area contributed by atoms with Crippen LogP contribution in [-0.2, 0) is 19.5 Å². The number of nitrogens with zero attached hydrogens (tertiary/aromatic N) is 3. The third-order valence-electron chi connectivity index (χ3n) is 4.86.